The second-order valence-corrected chi connectivity index (χ2v) is 6.94. The zero-order valence-corrected chi connectivity index (χ0v) is 15.6. The summed E-state index contributed by atoms with van der Waals surface area (Å²) in [7, 11) is 3.68. The molecule has 0 radical (unpaired) electrons. The fourth-order valence-corrected chi connectivity index (χ4v) is 3.44. The lowest BCUT2D eigenvalue weighted by atomic mass is 10.1. The van der Waals surface area contributed by atoms with Crippen LogP contribution in [0.4, 0.5) is 0 Å². The number of carbonyl (C=O) groups excluding carboxylic acids is 2. The molecule has 0 aliphatic carbocycles. The molecular weight excluding hydrogens is 332 g/mol. The SMILES string of the molecule is CCc1cc(C(=O)N2CCC(CN(C)C(=O)Cc3ccn[nH]3)C2)nn1C. The number of hydrogen-bond donors (Lipinski definition) is 1. The fourth-order valence-electron chi connectivity index (χ4n) is 3.44. The smallest absolute Gasteiger partial charge is 0.274 e. The molecule has 0 saturated carbocycles. The summed E-state index contributed by atoms with van der Waals surface area (Å²) in [5, 5.41) is 11.0. The van der Waals surface area contributed by atoms with E-state index >= 15 is 0 Å². The molecule has 0 aromatic carbocycles. The first-order valence-electron chi connectivity index (χ1n) is 9.02. The fraction of sp³-hybridized carbons (Fsp3) is 0.556. The van der Waals surface area contributed by atoms with Gasteiger partial charge in [0.15, 0.2) is 5.69 Å². The van der Waals surface area contributed by atoms with Crippen molar-refractivity contribution in [2.24, 2.45) is 13.0 Å². The topological polar surface area (TPSA) is 87.1 Å². The molecule has 3 rings (SSSR count). The zero-order chi connectivity index (χ0) is 18.7. The van der Waals surface area contributed by atoms with Crippen LogP contribution in [0.3, 0.4) is 0 Å². The lowest BCUT2D eigenvalue weighted by Gasteiger charge is -2.21. The molecule has 0 bridgehead atoms. The molecular formula is C18H26N6O2. The first-order chi connectivity index (χ1) is 12.5. The third kappa shape index (κ3) is 3.95. The van der Waals surface area contributed by atoms with Crippen molar-refractivity contribution in [2.45, 2.75) is 26.2 Å². The standard InChI is InChI=1S/C18H26N6O2/c1-4-15-10-16(21-23(15)3)18(26)24-8-6-13(12-24)11-22(2)17(25)9-14-5-7-19-20-14/h5,7,10,13H,4,6,8-9,11-12H2,1-3H3,(H,19,20). The summed E-state index contributed by atoms with van der Waals surface area (Å²) in [4.78, 5) is 28.5. The van der Waals surface area contributed by atoms with Gasteiger partial charge in [0.05, 0.1) is 6.42 Å². The molecule has 1 aliphatic heterocycles. The van der Waals surface area contributed by atoms with Gasteiger partial charge >= 0.3 is 0 Å². The second kappa shape index (κ2) is 7.72. The van der Waals surface area contributed by atoms with Crippen molar-refractivity contribution in [1.82, 2.24) is 29.8 Å². The van der Waals surface area contributed by atoms with Crippen LogP contribution in [0.2, 0.25) is 0 Å². The van der Waals surface area contributed by atoms with Gasteiger partial charge in [-0.25, -0.2) is 0 Å². The second-order valence-electron chi connectivity index (χ2n) is 6.94. The van der Waals surface area contributed by atoms with Gasteiger partial charge in [0.1, 0.15) is 0 Å². The Hall–Kier alpha value is -2.64. The number of aryl methyl sites for hydroxylation is 2. The number of hydrogen-bond acceptors (Lipinski definition) is 4. The molecule has 2 amide bonds. The third-order valence-electron chi connectivity index (χ3n) is 4.99. The van der Waals surface area contributed by atoms with Crippen LogP contribution in [0, 0.1) is 5.92 Å². The first kappa shape index (κ1) is 18.2. The lowest BCUT2D eigenvalue weighted by Crippen LogP contribution is -2.35. The quantitative estimate of drug-likeness (QED) is 0.830. The van der Waals surface area contributed by atoms with Crippen molar-refractivity contribution in [1.29, 1.82) is 0 Å². The van der Waals surface area contributed by atoms with Gasteiger partial charge in [-0.15, -0.1) is 0 Å². The molecule has 3 heterocycles. The van der Waals surface area contributed by atoms with Crippen LogP contribution >= 0.6 is 0 Å². The summed E-state index contributed by atoms with van der Waals surface area (Å²) >= 11 is 0. The molecule has 8 nitrogen and oxygen atoms in total. The van der Waals surface area contributed by atoms with Gasteiger partial charge in [-0.3, -0.25) is 19.4 Å². The molecule has 1 aliphatic rings. The maximum absolute atomic E-state index is 12.7. The maximum Gasteiger partial charge on any atom is 0.274 e. The van der Waals surface area contributed by atoms with Crippen LogP contribution in [0.5, 0.6) is 0 Å². The lowest BCUT2D eigenvalue weighted by molar-refractivity contribution is -0.129. The van der Waals surface area contributed by atoms with Crippen LogP contribution in [-0.4, -0.2) is 68.3 Å². The molecule has 1 atom stereocenters. The van der Waals surface area contributed by atoms with Crippen molar-refractivity contribution in [3.8, 4) is 0 Å². The molecule has 140 valence electrons. The van der Waals surface area contributed by atoms with E-state index in [1.165, 1.54) is 0 Å². The minimum Gasteiger partial charge on any atom is -0.345 e. The van der Waals surface area contributed by atoms with E-state index in [1.807, 2.05) is 32.0 Å². The molecule has 1 fully saturated rings. The van der Waals surface area contributed by atoms with E-state index in [-0.39, 0.29) is 11.8 Å². The Bertz CT molecular complexity index is 767. The molecule has 1 saturated heterocycles. The molecule has 1 unspecified atom stereocenters. The summed E-state index contributed by atoms with van der Waals surface area (Å²) in [6, 6.07) is 3.68. The zero-order valence-electron chi connectivity index (χ0n) is 15.6. The van der Waals surface area contributed by atoms with E-state index in [2.05, 4.69) is 15.3 Å². The monoisotopic (exact) mass is 358 g/mol. The Morgan fingerprint density at radius 3 is 2.88 bits per heavy atom. The molecule has 1 N–H and O–H groups in total. The maximum atomic E-state index is 12.7. The Balaban J connectivity index is 1.52. The van der Waals surface area contributed by atoms with Crippen LogP contribution in [0.1, 0.15) is 35.2 Å². The van der Waals surface area contributed by atoms with Crippen molar-refractivity contribution in [2.75, 3.05) is 26.7 Å². The highest BCUT2D eigenvalue weighted by Gasteiger charge is 2.30. The van der Waals surface area contributed by atoms with Crippen LogP contribution < -0.4 is 0 Å². The van der Waals surface area contributed by atoms with E-state index < -0.39 is 0 Å². The normalized spacial score (nSPS) is 16.9. The highest BCUT2D eigenvalue weighted by atomic mass is 16.2. The summed E-state index contributed by atoms with van der Waals surface area (Å²) < 4.78 is 1.77. The molecule has 0 spiro atoms. The van der Waals surface area contributed by atoms with Gasteiger partial charge in [-0.1, -0.05) is 6.92 Å². The van der Waals surface area contributed by atoms with Crippen LogP contribution in [-0.2, 0) is 24.7 Å². The summed E-state index contributed by atoms with van der Waals surface area (Å²) in [6.07, 6.45) is 3.72. The number of carbonyl (C=O) groups is 2. The Morgan fingerprint density at radius 1 is 1.42 bits per heavy atom. The Morgan fingerprint density at radius 2 is 2.23 bits per heavy atom. The van der Waals surface area contributed by atoms with Gasteiger partial charge in [0, 0.05) is 51.3 Å². The molecule has 2 aromatic rings. The number of aromatic nitrogens is 4. The number of likely N-dealkylation sites (tertiary alicyclic amines) is 1. The van der Waals surface area contributed by atoms with Crippen molar-refractivity contribution >= 4 is 11.8 Å². The van der Waals surface area contributed by atoms with Gasteiger partial charge in [0.2, 0.25) is 5.91 Å². The number of nitrogens with zero attached hydrogens (tertiary/aromatic N) is 5. The number of amides is 2. The number of rotatable bonds is 6. The van der Waals surface area contributed by atoms with Gasteiger partial charge < -0.3 is 9.80 Å². The predicted molar refractivity (Wildman–Crippen MR) is 96.5 cm³/mol. The highest BCUT2D eigenvalue weighted by molar-refractivity contribution is 5.92. The first-order valence-corrected chi connectivity index (χ1v) is 9.02. The van der Waals surface area contributed by atoms with E-state index in [4.69, 9.17) is 0 Å². The molecule has 2 aromatic heterocycles. The average Bonchev–Trinajstić information content (AvgIpc) is 3.35. The number of likely N-dealkylation sites (N-methyl/N-ethyl adjacent to an activating group) is 1. The Kier molecular flexibility index (Phi) is 5.39. The minimum absolute atomic E-state index is 0.0192. The van der Waals surface area contributed by atoms with E-state index in [0.717, 1.165) is 24.2 Å². The summed E-state index contributed by atoms with van der Waals surface area (Å²) in [5.41, 5.74) is 2.37. The van der Waals surface area contributed by atoms with E-state index in [0.29, 0.717) is 37.7 Å². The number of nitrogens with one attached hydrogen (secondary N) is 1. The largest absolute Gasteiger partial charge is 0.345 e. The van der Waals surface area contributed by atoms with E-state index in [1.54, 1.807) is 21.8 Å². The van der Waals surface area contributed by atoms with E-state index in [9.17, 15) is 9.59 Å². The van der Waals surface area contributed by atoms with Gasteiger partial charge in [0.25, 0.3) is 5.91 Å². The highest BCUT2D eigenvalue weighted by Crippen LogP contribution is 2.20. The predicted octanol–water partition coefficient (Wildman–Crippen LogP) is 0.869. The Labute approximate surface area is 153 Å². The minimum atomic E-state index is -0.0192. The van der Waals surface area contributed by atoms with Gasteiger partial charge in [-0.05, 0) is 30.9 Å². The van der Waals surface area contributed by atoms with Crippen molar-refractivity contribution < 1.29 is 9.59 Å². The number of H-pyrrole nitrogens is 1. The van der Waals surface area contributed by atoms with Crippen molar-refractivity contribution in [3.63, 3.8) is 0 Å². The molecule has 8 heteroatoms. The van der Waals surface area contributed by atoms with Crippen LogP contribution in [0.25, 0.3) is 0 Å². The number of aromatic amines is 1. The average molecular weight is 358 g/mol. The van der Waals surface area contributed by atoms with Crippen molar-refractivity contribution in [3.05, 3.63) is 35.4 Å². The summed E-state index contributed by atoms with van der Waals surface area (Å²) in [5.74, 6) is 0.328. The third-order valence-corrected chi connectivity index (χ3v) is 4.99. The molecule has 26 heavy (non-hydrogen) atoms. The van der Waals surface area contributed by atoms with Crippen LogP contribution in [0.15, 0.2) is 18.3 Å². The van der Waals surface area contributed by atoms with Gasteiger partial charge in [-0.2, -0.15) is 10.2 Å². The summed E-state index contributed by atoms with van der Waals surface area (Å²) in [6.45, 7) is 4.08.